The fourth-order valence-electron chi connectivity index (χ4n) is 1.81. The second-order valence-corrected chi connectivity index (χ2v) is 5.76. The smallest absolute Gasteiger partial charge is 0.137 e. The number of para-hydroxylation sites is 1. The van der Waals surface area contributed by atoms with Crippen LogP contribution in [0.25, 0.3) is 0 Å². The van der Waals surface area contributed by atoms with Crippen molar-refractivity contribution in [3.05, 3.63) is 28.2 Å². The van der Waals surface area contributed by atoms with Crippen LogP contribution >= 0.6 is 15.9 Å². The lowest BCUT2D eigenvalue weighted by Crippen LogP contribution is -2.19. The molecule has 1 aromatic rings. The predicted molar refractivity (Wildman–Crippen MR) is 86.4 cm³/mol. The van der Waals surface area contributed by atoms with Gasteiger partial charge in [0.1, 0.15) is 5.75 Å². The van der Waals surface area contributed by atoms with E-state index in [4.69, 9.17) is 9.47 Å². The topological polar surface area (TPSA) is 33.7 Å². The molecule has 0 aliphatic rings. The molecule has 0 fully saturated rings. The minimum absolute atomic E-state index is 0.715. The van der Waals surface area contributed by atoms with Crippen LogP contribution in [-0.2, 0) is 11.3 Å². The van der Waals surface area contributed by atoms with E-state index in [2.05, 4.69) is 46.3 Å². The van der Waals surface area contributed by atoms with Crippen molar-refractivity contribution in [2.75, 3.05) is 47.5 Å². The summed E-state index contributed by atoms with van der Waals surface area (Å²) in [5, 5.41) is 3.34. The Hall–Kier alpha value is -0.620. The Bertz CT molecular complexity index is 386. The summed E-state index contributed by atoms with van der Waals surface area (Å²) in [5.41, 5.74) is 1.17. The lowest BCUT2D eigenvalue weighted by molar-refractivity contribution is 0.199. The molecule has 0 aromatic heterocycles. The Morgan fingerprint density at radius 2 is 2.05 bits per heavy atom. The average molecular weight is 345 g/mol. The van der Waals surface area contributed by atoms with Crippen LogP contribution in [0.5, 0.6) is 5.75 Å². The van der Waals surface area contributed by atoms with Crippen LogP contribution in [0.3, 0.4) is 0 Å². The van der Waals surface area contributed by atoms with Gasteiger partial charge in [0.2, 0.25) is 0 Å². The molecule has 5 heteroatoms. The van der Waals surface area contributed by atoms with Gasteiger partial charge in [0, 0.05) is 32.3 Å². The average Bonchev–Trinajstić information content (AvgIpc) is 2.41. The van der Waals surface area contributed by atoms with Gasteiger partial charge in [0.05, 0.1) is 17.7 Å². The van der Waals surface area contributed by atoms with E-state index < -0.39 is 0 Å². The first-order chi connectivity index (χ1) is 9.65. The molecule has 0 amide bonds. The summed E-state index contributed by atoms with van der Waals surface area (Å²) in [6.07, 6.45) is 1.02. The third-order valence-corrected chi connectivity index (χ3v) is 3.47. The van der Waals surface area contributed by atoms with Gasteiger partial charge in [0.25, 0.3) is 0 Å². The summed E-state index contributed by atoms with van der Waals surface area (Å²) in [4.78, 5) is 2.16. The van der Waals surface area contributed by atoms with Gasteiger partial charge in [-0.05, 0) is 42.5 Å². The third-order valence-electron chi connectivity index (χ3n) is 2.84. The van der Waals surface area contributed by atoms with E-state index in [1.54, 1.807) is 7.11 Å². The first kappa shape index (κ1) is 17.4. The van der Waals surface area contributed by atoms with E-state index in [1.807, 2.05) is 12.1 Å². The molecule has 0 unspecified atom stereocenters. The highest BCUT2D eigenvalue weighted by Crippen LogP contribution is 2.29. The maximum Gasteiger partial charge on any atom is 0.137 e. The minimum Gasteiger partial charge on any atom is -0.492 e. The first-order valence-corrected chi connectivity index (χ1v) is 7.69. The van der Waals surface area contributed by atoms with E-state index in [-0.39, 0.29) is 0 Å². The van der Waals surface area contributed by atoms with Gasteiger partial charge in [-0.3, -0.25) is 0 Å². The van der Waals surface area contributed by atoms with E-state index in [9.17, 15) is 0 Å². The van der Waals surface area contributed by atoms with Crippen molar-refractivity contribution < 1.29 is 9.47 Å². The molecular formula is C15H25BrN2O2. The van der Waals surface area contributed by atoms with Gasteiger partial charge < -0.3 is 19.7 Å². The molecule has 0 radical (unpaired) electrons. The van der Waals surface area contributed by atoms with Crippen LogP contribution in [0.15, 0.2) is 22.7 Å². The normalized spacial score (nSPS) is 11.1. The summed E-state index contributed by atoms with van der Waals surface area (Å²) in [5.74, 6) is 0.941. The molecule has 0 spiro atoms. The SMILES string of the molecule is COCCNCc1cccc(Br)c1OCCCN(C)C. The van der Waals surface area contributed by atoms with Crippen LogP contribution in [0.1, 0.15) is 12.0 Å². The second kappa shape index (κ2) is 10.2. The van der Waals surface area contributed by atoms with Crippen LogP contribution in [0, 0.1) is 0 Å². The van der Waals surface area contributed by atoms with Gasteiger partial charge in [-0.25, -0.2) is 0 Å². The van der Waals surface area contributed by atoms with Gasteiger partial charge in [-0.1, -0.05) is 12.1 Å². The zero-order valence-electron chi connectivity index (χ0n) is 12.6. The number of benzene rings is 1. The van der Waals surface area contributed by atoms with Crippen LogP contribution in [-0.4, -0.2) is 52.4 Å². The van der Waals surface area contributed by atoms with Crippen molar-refractivity contribution in [1.29, 1.82) is 0 Å². The molecule has 4 nitrogen and oxygen atoms in total. The predicted octanol–water partition coefficient (Wildman–Crippen LogP) is 2.52. The molecule has 0 heterocycles. The monoisotopic (exact) mass is 344 g/mol. The Balaban J connectivity index is 2.49. The van der Waals surface area contributed by atoms with Crippen molar-refractivity contribution in [3.63, 3.8) is 0 Å². The highest BCUT2D eigenvalue weighted by atomic mass is 79.9. The summed E-state index contributed by atoms with van der Waals surface area (Å²) in [6.45, 7) is 4.10. The molecule has 114 valence electrons. The van der Waals surface area contributed by atoms with Crippen molar-refractivity contribution >= 4 is 15.9 Å². The molecule has 0 aliphatic carbocycles. The number of methoxy groups -OCH3 is 1. The maximum absolute atomic E-state index is 5.93. The van der Waals surface area contributed by atoms with Gasteiger partial charge in [-0.2, -0.15) is 0 Å². The van der Waals surface area contributed by atoms with Crippen LogP contribution in [0.4, 0.5) is 0 Å². The number of hydrogen-bond donors (Lipinski definition) is 1. The van der Waals surface area contributed by atoms with Gasteiger partial charge in [0.15, 0.2) is 0 Å². The van der Waals surface area contributed by atoms with E-state index in [0.29, 0.717) is 6.61 Å². The van der Waals surface area contributed by atoms with Crippen molar-refractivity contribution in [2.24, 2.45) is 0 Å². The highest BCUT2D eigenvalue weighted by molar-refractivity contribution is 9.10. The van der Waals surface area contributed by atoms with Gasteiger partial charge >= 0.3 is 0 Å². The first-order valence-electron chi connectivity index (χ1n) is 6.89. The maximum atomic E-state index is 5.93. The summed E-state index contributed by atoms with van der Waals surface area (Å²) < 4.78 is 12.0. The molecule has 1 aromatic carbocycles. The summed E-state index contributed by atoms with van der Waals surface area (Å²) in [7, 11) is 5.85. The lowest BCUT2D eigenvalue weighted by atomic mass is 10.2. The van der Waals surface area contributed by atoms with Crippen molar-refractivity contribution in [3.8, 4) is 5.75 Å². The lowest BCUT2D eigenvalue weighted by Gasteiger charge is -2.15. The molecule has 0 atom stereocenters. The van der Waals surface area contributed by atoms with Crippen molar-refractivity contribution in [1.82, 2.24) is 10.2 Å². The minimum atomic E-state index is 0.715. The highest BCUT2D eigenvalue weighted by Gasteiger charge is 2.07. The molecule has 1 rings (SSSR count). The molecule has 0 saturated heterocycles. The second-order valence-electron chi connectivity index (χ2n) is 4.90. The summed E-state index contributed by atoms with van der Waals surface area (Å²) in [6, 6.07) is 6.13. The largest absolute Gasteiger partial charge is 0.492 e. The fraction of sp³-hybridized carbons (Fsp3) is 0.600. The van der Waals surface area contributed by atoms with Gasteiger partial charge in [-0.15, -0.1) is 0 Å². The summed E-state index contributed by atoms with van der Waals surface area (Å²) >= 11 is 3.56. The quantitative estimate of drug-likeness (QED) is 0.661. The Kier molecular flexibility index (Phi) is 8.85. The van der Waals surface area contributed by atoms with E-state index >= 15 is 0 Å². The Morgan fingerprint density at radius 1 is 1.25 bits per heavy atom. The molecular weight excluding hydrogens is 320 g/mol. The molecule has 0 saturated carbocycles. The molecule has 0 aliphatic heterocycles. The number of hydrogen-bond acceptors (Lipinski definition) is 4. The Labute approximate surface area is 130 Å². The van der Waals surface area contributed by atoms with E-state index in [0.717, 1.165) is 42.9 Å². The zero-order chi connectivity index (χ0) is 14.8. The number of nitrogens with one attached hydrogen (secondary N) is 1. The number of ether oxygens (including phenoxy) is 2. The van der Waals surface area contributed by atoms with Crippen LogP contribution in [0.2, 0.25) is 0 Å². The molecule has 1 N–H and O–H groups in total. The Morgan fingerprint density at radius 3 is 2.75 bits per heavy atom. The third kappa shape index (κ3) is 6.70. The zero-order valence-corrected chi connectivity index (χ0v) is 14.2. The molecule has 20 heavy (non-hydrogen) atoms. The molecule has 0 bridgehead atoms. The fourth-order valence-corrected chi connectivity index (χ4v) is 2.33. The number of nitrogens with zero attached hydrogens (tertiary/aromatic N) is 1. The van der Waals surface area contributed by atoms with E-state index in [1.165, 1.54) is 5.56 Å². The number of halogens is 1. The van der Waals surface area contributed by atoms with Crippen molar-refractivity contribution in [2.45, 2.75) is 13.0 Å². The van der Waals surface area contributed by atoms with Crippen LogP contribution < -0.4 is 10.1 Å². The standard InChI is InChI=1S/C15H25BrN2O2/c1-18(2)9-5-10-20-15-13(6-4-7-14(15)16)12-17-8-11-19-3/h4,6-7,17H,5,8-12H2,1-3H3. The number of rotatable bonds is 10.